The maximum Gasteiger partial charge on any atom is 0.311 e. The van der Waals surface area contributed by atoms with Crippen molar-refractivity contribution in [3.63, 3.8) is 0 Å². The molecule has 0 radical (unpaired) electrons. The summed E-state index contributed by atoms with van der Waals surface area (Å²) in [5.74, 6) is -3.50. The van der Waals surface area contributed by atoms with E-state index in [9.17, 15) is 19.8 Å². The Kier molecular flexibility index (Phi) is 15.4. The lowest BCUT2D eigenvalue weighted by atomic mass is 9.69. The van der Waals surface area contributed by atoms with Gasteiger partial charge < -0.3 is 48.3 Å². The maximum absolute atomic E-state index is 14.2. The number of ether oxygens (including phenoxy) is 7. The molecule has 3 aliphatic heterocycles. The summed E-state index contributed by atoms with van der Waals surface area (Å²) in [6.07, 6.45) is -4.25. The fraction of sp³-hybridized carbons (Fsp3) is 0.950. The molecule has 3 heterocycles. The molecule has 52 heavy (non-hydrogen) atoms. The molecule has 3 saturated heterocycles. The normalized spacial score (nSPS) is 47.2. The van der Waals surface area contributed by atoms with Crippen LogP contribution in [-0.4, -0.2) is 128 Å². The van der Waals surface area contributed by atoms with Crippen LogP contribution in [-0.2, 0) is 42.7 Å². The molecule has 0 saturated carbocycles. The molecule has 0 aromatic rings. The van der Waals surface area contributed by atoms with Crippen molar-refractivity contribution in [2.45, 2.75) is 181 Å². The number of rotatable bonds is 8. The Morgan fingerprint density at radius 3 is 2.02 bits per heavy atom. The van der Waals surface area contributed by atoms with Gasteiger partial charge in [0.15, 0.2) is 12.6 Å². The van der Waals surface area contributed by atoms with E-state index in [1.807, 2.05) is 27.7 Å². The minimum atomic E-state index is -1.89. The second-order valence-corrected chi connectivity index (χ2v) is 17.7. The molecular formula is C40H73NO11. The maximum atomic E-state index is 14.2. The van der Waals surface area contributed by atoms with E-state index >= 15 is 0 Å². The Morgan fingerprint density at radius 1 is 0.865 bits per heavy atom. The average Bonchev–Trinajstić information content (AvgIpc) is 3.06. The van der Waals surface area contributed by atoms with Crippen LogP contribution in [0.1, 0.15) is 109 Å². The summed E-state index contributed by atoms with van der Waals surface area (Å²) in [6, 6.07) is 0.214. The number of Topliss-reactive ketones (excluding diaryl/α,β-unsaturated/α-hetero) is 1. The highest BCUT2D eigenvalue weighted by atomic mass is 16.7. The summed E-state index contributed by atoms with van der Waals surface area (Å²) in [5.41, 5.74) is -3.29. The minimum Gasteiger partial charge on any atom is -0.459 e. The van der Waals surface area contributed by atoms with Gasteiger partial charge in [-0.25, -0.2) is 0 Å². The summed E-state index contributed by atoms with van der Waals surface area (Å²) >= 11 is 0. The molecule has 2 N–H and O–H groups in total. The zero-order chi connectivity index (χ0) is 39.7. The zero-order valence-electron chi connectivity index (χ0n) is 35.0. The lowest BCUT2D eigenvalue weighted by Crippen LogP contribution is -2.59. The van der Waals surface area contributed by atoms with Gasteiger partial charge >= 0.3 is 5.97 Å². The Morgan fingerprint density at radius 2 is 1.48 bits per heavy atom. The SMILES string of the molecule is CC[C@H]1OC(=O)C(C)C(OC2CC(C)(OC)C(OC)C(C)O2)C(C)C(OC2OC(C)CC(N(C)C)[C@H]2C)C(C)(C)CC(C)C(=O)C(C)C(O)C1(C)O. The van der Waals surface area contributed by atoms with E-state index in [-0.39, 0.29) is 42.5 Å². The predicted octanol–water partition coefficient (Wildman–Crippen LogP) is 4.99. The van der Waals surface area contributed by atoms with Crippen molar-refractivity contribution < 1.29 is 53.0 Å². The molecule has 0 aliphatic carbocycles. The first-order valence-electron chi connectivity index (χ1n) is 19.5. The second kappa shape index (κ2) is 17.7. The number of esters is 1. The number of aliphatic hydroxyl groups excluding tert-OH is 1. The van der Waals surface area contributed by atoms with Crippen LogP contribution in [0.3, 0.4) is 0 Å². The fourth-order valence-corrected chi connectivity index (χ4v) is 9.52. The van der Waals surface area contributed by atoms with Crippen molar-refractivity contribution in [3.8, 4) is 0 Å². The summed E-state index contributed by atoms with van der Waals surface area (Å²) < 4.78 is 44.8. The second-order valence-electron chi connectivity index (χ2n) is 17.7. The van der Waals surface area contributed by atoms with E-state index in [4.69, 9.17) is 33.2 Å². The Hall–Kier alpha value is -1.22. The van der Waals surface area contributed by atoms with Crippen molar-refractivity contribution in [3.05, 3.63) is 0 Å². The van der Waals surface area contributed by atoms with Gasteiger partial charge in [0.05, 0.1) is 42.0 Å². The first-order chi connectivity index (χ1) is 24.0. The van der Waals surface area contributed by atoms with Crippen molar-refractivity contribution in [1.82, 2.24) is 4.90 Å². The summed E-state index contributed by atoms with van der Waals surface area (Å²) in [7, 11) is 7.40. The van der Waals surface area contributed by atoms with Crippen molar-refractivity contribution in [2.75, 3.05) is 28.3 Å². The molecule has 3 rings (SSSR count). The van der Waals surface area contributed by atoms with Gasteiger partial charge in [-0.2, -0.15) is 0 Å². The Balaban J connectivity index is 2.19. The van der Waals surface area contributed by atoms with Crippen molar-refractivity contribution in [1.29, 1.82) is 0 Å². The molecule has 17 atom stereocenters. The molecule has 12 nitrogen and oxygen atoms in total. The number of carbonyl (C=O) groups is 2. The molecule has 0 amide bonds. The number of carbonyl (C=O) groups excluding carboxylic acids is 2. The van der Waals surface area contributed by atoms with Gasteiger partial charge in [0.25, 0.3) is 0 Å². The van der Waals surface area contributed by atoms with Crippen molar-refractivity contribution in [2.24, 2.45) is 35.0 Å². The third kappa shape index (κ3) is 9.59. The van der Waals surface area contributed by atoms with Crippen LogP contribution in [0.5, 0.6) is 0 Å². The Bertz CT molecular complexity index is 1180. The number of aliphatic hydroxyl groups is 2. The van der Waals surface area contributed by atoms with Gasteiger partial charge in [-0.3, -0.25) is 9.59 Å². The largest absolute Gasteiger partial charge is 0.459 e. The Labute approximate surface area is 313 Å². The molecule has 0 bridgehead atoms. The number of nitrogens with zero attached hydrogens (tertiary/aromatic N) is 1. The van der Waals surface area contributed by atoms with Gasteiger partial charge in [0.1, 0.15) is 23.6 Å². The van der Waals surface area contributed by atoms with E-state index in [1.54, 1.807) is 35.0 Å². The van der Waals surface area contributed by atoms with Crippen LogP contribution in [0.25, 0.3) is 0 Å². The summed E-state index contributed by atoms with van der Waals surface area (Å²) in [4.78, 5) is 30.4. The van der Waals surface area contributed by atoms with Crippen molar-refractivity contribution >= 4 is 11.8 Å². The van der Waals surface area contributed by atoms with E-state index in [0.29, 0.717) is 12.8 Å². The number of cyclic esters (lactones) is 1. The highest BCUT2D eigenvalue weighted by Gasteiger charge is 2.53. The highest BCUT2D eigenvalue weighted by Crippen LogP contribution is 2.44. The van der Waals surface area contributed by atoms with Gasteiger partial charge in [-0.1, -0.05) is 48.5 Å². The quantitative estimate of drug-likeness (QED) is 0.324. The minimum absolute atomic E-state index is 0.0155. The van der Waals surface area contributed by atoms with Gasteiger partial charge in [-0.05, 0) is 73.4 Å². The molecular weight excluding hydrogens is 670 g/mol. The molecule has 3 aliphatic rings. The van der Waals surface area contributed by atoms with E-state index in [0.717, 1.165) is 6.42 Å². The van der Waals surface area contributed by atoms with Gasteiger partial charge in [0.2, 0.25) is 0 Å². The van der Waals surface area contributed by atoms with E-state index < -0.39 is 83.3 Å². The number of methoxy groups -OCH3 is 2. The predicted molar refractivity (Wildman–Crippen MR) is 197 cm³/mol. The number of hydrogen-bond donors (Lipinski definition) is 2. The lowest BCUT2D eigenvalue weighted by Gasteiger charge is -2.50. The van der Waals surface area contributed by atoms with E-state index in [1.165, 1.54) is 6.92 Å². The molecule has 15 unspecified atom stereocenters. The highest BCUT2D eigenvalue weighted by molar-refractivity contribution is 5.83. The number of ketones is 1. The third-order valence-corrected chi connectivity index (χ3v) is 12.7. The van der Waals surface area contributed by atoms with Gasteiger partial charge in [0, 0.05) is 50.4 Å². The van der Waals surface area contributed by atoms with Crippen LogP contribution >= 0.6 is 0 Å². The van der Waals surface area contributed by atoms with Crippen LogP contribution in [0, 0.1) is 35.0 Å². The van der Waals surface area contributed by atoms with E-state index in [2.05, 4.69) is 46.7 Å². The molecule has 0 aromatic heterocycles. The van der Waals surface area contributed by atoms with Crippen LogP contribution in [0.2, 0.25) is 0 Å². The first kappa shape index (κ1) is 45.2. The number of hydrogen-bond acceptors (Lipinski definition) is 12. The smallest absolute Gasteiger partial charge is 0.311 e. The van der Waals surface area contributed by atoms with Gasteiger partial charge in [-0.15, -0.1) is 0 Å². The third-order valence-electron chi connectivity index (χ3n) is 12.7. The molecule has 3 fully saturated rings. The van der Waals surface area contributed by atoms with Crippen LogP contribution < -0.4 is 0 Å². The first-order valence-corrected chi connectivity index (χ1v) is 19.5. The average molecular weight is 744 g/mol. The summed E-state index contributed by atoms with van der Waals surface area (Å²) in [5, 5.41) is 23.1. The zero-order valence-corrected chi connectivity index (χ0v) is 35.0. The monoisotopic (exact) mass is 744 g/mol. The molecule has 304 valence electrons. The standard InChI is InChI=1S/C40H73NO11/c1-17-29-40(12,45)33(43)24(5)31(42)21(2)19-38(9,10)34(52-37-23(4)28(41(13)14)18-22(3)48-37)25(6)32(26(7)36(44)50-29)51-30-20-39(11,47-16)35(46-15)27(8)49-30/h21-30,32-35,37,43,45H,17-20H2,1-16H3/t21?,22?,23-,24?,25?,26?,27?,28?,29-,30?,32?,33?,34?,35?,37?,39?,40?/m1/s1. The topological polar surface area (TPSA) is 142 Å². The molecule has 0 aromatic carbocycles. The van der Waals surface area contributed by atoms with Crippen LogP contribution in [0.4, 0.5) is 0 Å². The molecule has 0 spiro atoms. The summed E-state index contributed by atoms with van der Waals surface area (Å²) in [6.45, 7) is 22.7. The fourth-order valence-electron chi connectivity index (χ4n) is 9.52. The lowest BCUT2D eigenvalue weighted by molar-refractivity contribution is -0.311. The van der Waals surface area contributed by atoms with Crippen LogP contribution in [0.15, 0.2) is 0 Å². The molecule has 12 heteroatoms.